The normalized spacial score (nSPS) is 20.0. The molecule has 0 N–H and O–H groups in total. The molecule has 1 aromatic heterocycles. The lowest BCUT2D eigenvalue weighted by Crippen LogP contribution is -2.42. The van der Waals surface area contributed by atoms with Gasteiger partial charge in [-0.1, -0.05) is 23.4 Å². The van der Waals surface area contributed by atoms with Gasteiger partial charge in [-0.15, -0.1) is 5.10 Å². The quantitative estimate of drug-likeness (QED) is 0.844. The van der Waals surface area contributed by atoms with Gasteiger partial charge in [-0.3, -0.25) is 4.79 Å². The number of hydrogen-bond donors (Lipinski definition) is 0. The minimum Gasteiger partial charge on any atom is -0.382 e. The lowest BCUT2D eigenvalue weighted by atomic mass is 10.0. The number of benzene rings is 1. The van der Waals surface area contributed by atoms with Gasteiger partial charge in [-0.05, 0) is 30.9 Å². The van der Waals surface area contributed by atoms with E-state index in [0.29, 0.717) is 18.7 Å². The van der Waals surface area contributed by atoms with E-state index in [4.69, 9.17) is 4.74 Å². The molecule has 2 heterocycles. The van der Waals surface area contributed by atoms with Crippen molar-refractivity contribution >= 4 is 5.91 Å². The molecule has 1 amide bonds. The molecule has 1 atom stereocenters. The van der Waals surface area contributed by atoms with Gasteiger partial charge in [-0.2, -0.15) is 0 Å². The average molecular weight is 326 g/mol. The zero-order chi connectivity index (χ0) is 16.5. The van der Waals surface area contributed by atoms with Crippen LogP contribution >= 0.6 is 0 Å². The minimum absolute atomic E-state index is 0.0278. The van der Waals surface area contributed by atoms with E-state index in [1.165, 1.54) is 18.5 Å². The number of aromatic nitrogens is 3. The van der Waals surface area contributed by atoms with Crippen LogP contribution in [0.4, 0.5) is 0 Å². The van der Waals surface area contributed by atoms with Crippen molar-refractivity contribution in [2.45, 2.75) is 31.8 Å². The van der Waals surface area contributed by atoms with Crippen molar-refractivity contribution in [1.82, 2.24) is 19.9 Å². The van der Waals surface area contributed by atoms with Gasteiger partial charge in [-0.25, -0.2) is 4.68 Å². The summed E-state index contributed by atoms with van der Waals surface area (Å²) in [6, 6.07) is 9.23. The van der Waals surface area contributed by atoms with E-state index in [1.807, 2.05) is 39.9 Å². The summed E-state index contributed by atoms with van der Waals surface area (Å²) in [6.45, 7) is 2.06. The van der Waals surface area contributed by atoms with Crippen molar-refractivity contribution in [2.24, 2.45) is 5.92 Å². The van der Waals surface area contributed by atoms with E-state index in [-0.39, 0.29) is 11.9 Å². The molecule has 24 heavy (non-hydrogen) atoms. The van der Waals surface area contributed by atoms with E-state index in [1.54, 1.807) is 7.11 Å². The monoisotopic (exact) mass is 326 g/mol. The molecule has 0 saturated heterocycles. The van der Waals surface area contributed by atoms with E-state index in [0.717, 1.165) is 24.6 Å². The van der Waals surface area contributed by atoms with Crippen molar-refractivity contribution in [3.8, 4) is 0 Å². The van der Waals surface area contributed by atoms with Crippen LogP contribution in [0.15, 0.2) is 30.3 Å². The zero-order valence-corrected chi connectivity index (χ0v) is 13.9. The standard InChI is InChI=1S/C18H22N4O2/c1-24-12-16-17-15(22(20-19-17)11-13-7-8-13)9-10-21(16)18(23)14-5-3-2-4-6-14/h2-6,13,16H,7-12H2,1H3/t16-/m0/s1. The topological polar surface area (TPSA) is 60.3 Å². The third-order valence-electron chi connectivity index (χ3n) is 4.88. The molecule has 0 unspecified atom stereocenters. The number of hydrogen-bond acceptors (Lipinski definition) is 4. The molecule has 1 fully saturated rings. The SMILES string of the molecule is COC[C@H]1c2nnn(CC3CC3)c2CCN1C(=O)c1ccccc1. The Bertz CT molecular complexity index is 724. The molecule has 0 spiro atoms. The number of amides is 1. The van der Waals surface area contributed by atoms with Gasteiger partial charge >= 0.3 is 0 Å². The molecule has 126 valence electrons. The minimum atomic E-state index is -0.167. The molecular formula is C18H22N4O2. The van der Waals surface area contributed by atoms with Gasteiger partial charge < -0.3 is 9.64 Å². The number of carbonyl (C=O) groups excluding carboxylic acids is 1. The maximum atomic E-state index is 12.9. The third kappa shape index (κ3) is 2.82. The Hall–Kier alpha value is -2.21. The van der Waals surface area contributed by atoms with Crippen LogP contribution in [-0.4, -0.2) is 46.1 Å². The number of fused-ring (bicyclic) bond motifs is 1. The first-order valence-corrected chi connectivity index (χ1v) is 8.55. The number of ether oxygens (including phenoxy) is 1. The van der Waals surface area contributed by atoms with Crippen LogP contribution in [0.5, 0.6) is 0 Å². The van der Waals surface area contributed by atoms with Crippen molar-refractivity contribution in [3.05, 3.63) is 47.3 Å². The highest BCUT2D eigenvalue weighted by atomic mass is 16.5. The molecule has 6 heteroatoms. The van der Waals surface area contributed by atoms with Crippen molar-refractivity contribution in [3.63, 3.8) is 0 Å². The molecule has 1 aliphatic heterocycles. The summed E-state index contributed by atoms with van der Waals surface area (Å²) in [5.74, 6) is 0.778. The van der Waals surface area contributed by atoms with E-state index < -0.39 is 0 Å². The van der Waals surface area contributed by atoms with Crippen LogP contribution in [-0.2, 0) is 17.7 Å². The van der Waals surface area contributed by atoms with Crippen LogP contribution in [0.3, 0.4) is 0 Å². The van der Waals surface area contributed by atoms with Crippen molar-refractivity contribution < 1.29 is 9.53 Å². The Balaban J connectivity index is 1.62. The largest absolute Gasteiger partial charge is 0.382 e. The lowest BCUT2D eigenvalue weighted by molar-refractivity contribution is 0.0490. The van der Waals surface area contributed by atoms with Crippen LogP contribution in [0.1, 0.15) is 40.6 Å². The van der Waals surface area contributed by atoms with E-state index in [9.17, 15) is 4.79 Å². The lowest BCUT2D eigenvalue weighted by Gasteiger charge is -2.34. The Morgan fingerprint density at radius 2 is 2.08 bits per heavy atom. The van der Waals surface area contributed by atoms with Gasteiger partial charge in [0.2, 0.25) is 0 Å². The van der Waals surface area contributed by atoms with Crippen LogP contribution in [0.25, 0.3) is 0 Å². The van der Waals surface area contributed by atoms with Crippen LogP contribution in [0, 0.1) is 5.92 Å². The summed E-state index contributed by atoms with van der Waals surface area (Å²) in [5.41, 5.74) is 2.77. The highest BCUT2D eigenvalue weighted by molar-refractivity contribution is 5.94. The highest BCUT2D eigenvalue weighted by Crippen LogP contribution is 2.34. The van der Waals surface area contributed by atoms with Gasteiger partial charge in [0.1, 0.15) is 11.7 Å². The Kier molecular flexibility index (Phi) is 4.06. The summed E-state index contributed by atoms with van der Waals surface area (Å²) in [7, 11) is 1.66. The number of carbonyl (C=O) groups is 1. The maximum absolute atomic E-state index is 12.9. The summed E-state index contributed by atoms with van der Waals surface area (Å²) >= 11 is 0. The fraction of sp³-hybridized carbons (Fsp3) is 0.500. The van der Waals surface area contributed by atoms with Crippen molar-refractivity contribution in [1.29, 1.82) is 0 Å². The van der Waals surface area contributed by atoms with Gasteiger partial charge in [0, 0.05) is 32.2 Å². The summed E-state index contributed by atoms with van der Waals surface area (Å²) in [6.07, 6.45) is 3.37. The second-order valence-electron chi connectivity index (χ2n) is 6.63. The second-order valence-corrected chi connectivity index (χ2v) is 6.63. The summed E-state index contributed by atoms with van der Waals surface area (Å²) < 4.78 is 7.43. The van der Waals surface area contributed by atoms with Gasteiger partial charge in [0.05, 0.1) is 12.3 Å². The zero-order valence-electron chi connectivity index (χ0n) is 13.9. The predicted molar refractivity (Wildman–Crippen MR) is 88.5 cm³/mol. The molecule has 2 aromatic rings. The molecule has 1 aromatic carbocycles. The Labute approximate surface area is 141 Å². The second kappa shape index (κ2) is 6.36. The molecule has 1 aliphatic carbocycles. The van der Waals surface area contributed by atoms with Gasteiger partial charge in [0.25, 0.3) is 5.91 Å². The van der Waals surface area contributed by atoms with E-state index >= 15 is 0 Å². The first kappa shape index (κ1) is 15.3. The predicted octanol–water partition coefficient (Wildman–Crippen LogP) is 2.07. The number of rotatable bonds is 5. The maximum Gasteiger partial charge on any atom is 0.254 e. The first-order chi connectivity index (χ1) is 11.8. The third-order valence-corrected chi connectivity index (χ3v) is 4.88. The summed E-state index contributed by atoms with van der Waals surface area (Å²) in [5, 5.41) is 8.75. The fourth-order valence-corrected chi connectivity index (χ4v) is 3.40. The average Bonchev–Trinajstić information content (AvgIpc) is 3.34. The fourth-order valence-electron chi connectivity index (χ4n) is 3.40. The molecule has 4 rings (SSSR count). The van der Waals surface area contributed by atoms with Crippen LogP contribution < -0.4 is 0 Å². The van der Waals surface area contributed by atoms with Crippen LogP contribution in [0.2, 0.25) is 0 Å². The Morgan fingerprint density at radius 3 is 2.79 bits per heavy atom. The molecule has 6 nitrogen and oxygen atoms in total. The number of nitrogens with zero attached hydrogens (tertiary/aromatic N) is 4. The van der Waals surface area contributed by atoms with Crippen molar-refractivity contribution in [2.75, 3.05) is 20.3 Å². The molecule has 0 radical (unpaired) electrons. The molecule has 2 aliphatic rings. The molecular weight excluding hydrogens is 304 g/mol. The van der Waals surface area contributed by atoms with E-state index in [2.05, 4.69) is 10.3 Å². The summed E-state index contributed by atoms with van der Waals surface area (Å²) in [4.78, 5) is 14.8. The smallest absolute Gasteiger partial charge is 0.254 e. The number of methoxy groups -OCH3 is 1. The molecule has 1 saturated carbocycles. The Morgan fingerprint density at radius 1 is 1.29 bits per heavy atom. The first-order valence-electron chi connectivity index (χ1n) is 8.55. The highest BCUT2D eigenvalue weighted by Gasteiger charge is 2.36. The van der Waals surface area contributed by atoms with Gasteiger partial charge in [0.15, 0.2) is 0 Å². The molecule has 0 bridgehead atoms.